The second-order valence-corrected chi connectivity index (χ2v) is 8.30. The van der Waals surface area contributed by atoms with Crippen molar-refractivity contribution >= 4 is 32.4 Å². The third-order valence-electron chi connectivity index (χ3n) is 3.63. The maximum Gasteiger partial charge on any atom is 0.270 e. The third kappa shape index (κ3) is 4.99. The minimum Gasteiger partial charge on any atom is -0.301 e. The van der Waals surface area contributed by atoms with E-state index in [0.29, 0.717) is 6.42 Å². The molecule has 0 atom stereocenters. The molecule has 0 aromatic carbocycles. The predicted molar refractivity (Wildman–Crippen MR) is 85.3 cm³/mol. The van der Waals surface area contributed by atoms with Crippen LogP contribution in [-0.2, 0) is 14.8 Å². The van der Waals surface area contributed by atoms with Crippen molar-refractivity contribution in [3.63, 3.8) is 0 Å². The maximum atomic E-state index is 12.4. The Morgan fingerprint density at radius 3 is 2.45 bits per heavy atom. The molecule has 0 bridgehead atoms. The van der Waals surface area contributed by atoms with Crippen LogP contribution in [-0.4, -0.2) is 30.6 Å². The van der Waals surface area contributed by atoms with Crippen LogP contribution < -0.4 is 10.0 Å². The van der Waals surface area contributed by atoms with Gasteiger partial charge in [-0.05, 0) is 12.8 Å². The lowest BCUT2D eigenvalue weighted by molar-refractivity contribution is -0.115. The normalized spacial score (nSPS) is 17.7. The Morgan fingerprint density at radius 2 is 1.82 bits per heavy atom. The summed E-state index contributed by atoms with van der Waals surface area (Å²) in [6.07, 6.45) is 7.66. The molecule has 9 heteroatoms. The Morgan fingerprint density at radius 1 is 1.18 bits per heavy atom. The average Bonchev–Trinajstić information content (AvgIpc) is 2.91. The number of aromatic nitrogens is 2. The van der Waals surface area contributed by atoms with Gasteiger partial charge in [0.15, 0.2) is 0 Å². The SMILES string of the molecule is CCC(=O)Nc1nnc(S(=O)(=O)NC2CCCCCCC2)s1. The first-order valence-electron chi connectivity index (χ1n) is 7.67. The molecule has 22 heavy (non-hydrogen) atoms. The summed E-state index contributed by atoms with van der Waals surface area (Å²) in [7, 11) is -3.67. The summed E-state index contributed by atoms with van der Waals surface area (Å²) in [5, 5.41) is 10.1. The summed E-state index contributed by atoms with van der Waals surface area (Å²) >= 11 is 0.877. The zero-order valence-corrected chi connectivity index (χ0v) is 14.3. The van der Waals surface area contributed by atoms with Gasteiger partial charge in [0.2, 0.25) is 15.4 Å². The Balaban J connectivity index is 2.01. The topological polar surface area (TPSA) is 101 Å². The molecule has 7 nitrogen and oxygen atoms in total. The second kappa shape index (κ2) is 7.98. The summed E-state index contributed by atoms with van der Waals surface area (Å²) in [6, 6.07) is -0.0390. The van der Waals surface area contributed by atoms with Gasteiger partial charge < -0.3 is 5.32 Å². The molecule has 1 fully saturated rings. The molecule has 1 aliphatic carbocycles. The fourth-order valence-corrected chi connectivity index (χ4v) is 4.66. The van der Waals surface area contributed by atoms with Gasteiger partial charge in [-0.25, -0.2) is 13.1 Å². The highest BCUT2D eigenvalue weighted by Crippen LogP contribution is 2.22. The lowest BCUT2D eigenvalue weighted by atomic mass is 9.97. The van der Waals surface area contributed by atoms with E-state index in [4.69, 9.17) is 0 Å². The minimum atomic E-state index is -3.67. The van der Waals surface area contributed by atoms with Crippen LogP contribution in [0.3, 0.4) is 0 Å². The van der Waals surface area contributed by atoms with Crippen LogP contribution in [0, 0.1) is 0 Å². The van der Waals surface area contributed by atoms with Gasteiger partial charge >= 0.3 is 0 Å². The number of anilines is 1. The number of carbonyl (C=O) groups excluding carboxylic acids is 1. The van der Waals surface area contributed by atoms with E-state index in [1.54, 1.807) is 6.92 Å². The van der Waals surface area contributed by atoms with Gasteiger partial charge in [-0.2, -0.15) is 0 Å². The highest BCUT2D eigenvalue weighted by atomic mass is 32.2. The van der Waals surface area contributed by atoms with Gasteiger partial charge in [-0.3, -0.25) is 4.79 Å². The molecule has 124 valence electrons. The van der Waals surface area contributed by atoms with Crippen molar-refractivity contribution in [1.82, 2.24) is 14.9 Å². The van der Waals surface area contributed by atoms with E-state index in [0.717, 1.165) is 49.9 Å². The van der Waals surface area contributed by atoms with Crippen LogP contribution in [0.15, 0.2) is 4.34 Å². The monoisotopic (exact) mass is 346 g/mol. The van der Waals surface area contributed by atoms with Gasteiger partial charge in [0, 0.05) is 12.5 Å². The number of carbonyl (C=O) groups is 1. The van der Waals surface area contributed by atoms with Crippen LogP contribution in [0.4, 0.5) is 5.13 Å². The van der Waals surface area contributed by atoms with Crippen molar-refractivity contribution in [3.05, 3.63) is 0 Å². The minimum absolute atomic E-state index is 0.0390. The Bertz CT molecular complexity index is 592. The summed E-state index contributed by atoms with van der Waals surface area (Å²) in [6.45, 7) is 1.71. The Hall–Kier alpha value is -1.06. The fourth-order valence-electron chi connectivity index (χ4n) is 2.42. The Kier molecular flexibility index (Phi) is 6.27. The van der Waals surface area contributed by atoms with Gasteiger partial charge in [0.25, 0.3) is 10.0 Å². The standard InChI is InChI=1S/C13H22N4O3S2/c1-2-11(18)14-12-15-16-13(21-12)22(19,20)17-10-8-6-4-3-5-7-9-10/h10,17H,2-9H2,1H3,(H,14,15,18). The van der Waals surface area contributed by atoms with E-state index in [9.17, 15) is 13.2 Å². The number of sulfonamides is 1. The second-order valence-electron chi connectivity index (χ2n) is 5.44. The van der Waals surface area contributed by atoms with Crippen LogP contribution in [0.5, 0.6) is 0 Å². The summed E-state index contributed by atoms with van der Waals surface area (Å²) in [5.41, 5.74) is 0. The molecule has 1 amide bonds. The first-order valence-corrected chi connectivity index (χ1v) is 9.97. The van der Waals surface area contributed by atoms with Gasteiger partial charge in [0.05, 0.1) is 0 Å². The van der Waals surface area contributed by atoms with Gasteiger partial charge in [-0.15, -0.1) is 10.2 Å². The molecular weight excluding hydrogens is 324 g/mol. The number of nitrogens with zero attached hydrogens (tertiary/aromatic N) is 2. The molecule has 0 spiro atoms. The van der Waals surface area contributed by atoms with E-state index < -0.39 is 10.0 Å². The van der Waals surface area contributed by atoms with Crippen LogP contribution in [0.25, 0.3) is 0 Å². The maximum absolute atomic E-state index is 12.4. The highest BCUT2D eigenvalue weighted by Gasteiger charge is 2.24. The fraction of sp³-hybridized carbons (Fsp3) is 0.769. The molecule has 1 aromatic rings. The van der Waals surface area contributed by atoms with E-state index in [-0.39, 0.29) is 21.4 Å². The van der Waals surface area contributed by atoms with Crippen molar-refractivity contribution < 1.29 is 13.2 Å². The smallest absolute Gasteiger partial charge is 0.270 e. The molecule has 1 aliphatic rings. The van der Waals surface area contributed by atoms with Crippen molar-refractivity contribution in [2.24, 2.45) is 0 Å². The lowest BCUT2D eigenvalue weighted by Gasteiger charge is -2.19. The summed E-state index contributed by atoms with van der Waals surface area (Å²) in [5.74, 6) is -0.215. The molecular formula is C13H22N4O3S2. The number of hydrogen-bond acceptors (Lipinski definition) is 6. The van der Waals surface area contributed by atoms with Crippen LogP contribution >= 0.6 is 11.3 Å². The molecule has 1 saturated carbocycles. The number of nitrogens with one attached hydrogen (secondary N) is 2. The van der Waals surface area contributed by atoms with Crippen molar-refractivity contribution in [2.75, 3.05) is 5.32 Å². The zero-order chi connectivity index (χ0) is 16.0. The molecule has 0 saturated heterocycles. The quantitative estimate of drug-likeness (QED) is 0.797. The molecule has 0 aliphatic heterocycles. The third-order valence-corrected chi connectivity index (χ3v) is 6.36. The molecule has 0 radical (unpaired) electrons. The van der Waals surface area contributed by atoms with Crippen LogP contribution in [0.1, 0.15) is 58.3 Å². The highest BCUT2D eigenvalue weighted by molar-refractivity contribution is 7.91. The van der Waals surface area contributed by atoms with E-state index >= 15 is 0 Å². The first kappa shape index (κ1) is 17.3. The molecule has 2 N–H and O–H groups in total. The first-order chi connectivity index (χ1) is 10.5. The van der Waals surface area contributed by atoms with Crippen molar-refractivity contribution in [3.8, 4) is 0 Å². The largest absolute Gasteiger partial charge is 0.301 e. The lowest BCUT2D eigenvalue weighted by Crippen LogP contribution is -2.35. The number of hydrogen-bond donors (Lipinski definition) is 2. The molecule has 1 heterocycles. The number of rotatable bonds is 5. The molecule has 2 rings (SSSR count). The van der Waals surface area contributed by atoms with Crippen molar-refractivity contribution in [2.45, 2.75) is 68.7 Å². The van der Waals surface area contributed by atoms with Crippen LogP contribution in [0.2, 0.25) is 0 Å². The summed E-state index contributed by atoms with van der Waals surface area (Å²) < 4.78 is 27.3. The predicted octanol–water partition coefficient (Wildman–Crippen LogP) is 2.28. The van der Waals surface area contributed by atoms with E-state index in [2.05, 4.69) is 20.2 Å². The van der Waals surface area contributed by atoms with E-state index in [1.807, 2.05) is 0 Å². The van der Waals surface area contributed by atoms with E-state index in [1.165, 1.54) is 6.42 Å². The van der Waals surface area contributed by atoms with Gasteiger partial charge in [0.1, 0.15) is 0 Å². The molecule has 1 aromatic heterocycles. The average molecular weight is 346 g/mol. The summed E-state index contributed by atoms with van der Waals surface area (Å²) in [4.78, 5) is 11.3. The zero-order valence-electron chi connectivity index (χ0n) is 12.7. The van der Waals surface area contributed by atoms with Crippen molar-refractivity contribution in [1.29, 1.82) is 0 Å². The molecule has 0 unspecified atom stereocenters. The Labute approximate surface area is 135 Å². The number of amides is 1. The van der Waals surface area contributed by atoms with Gasteiger partial charge in [-0.1, -0.05) is 50.4 Å².